The Labute approximate surface area is 243 Å². The van der Waals surface area contributed by atoms with Crippen molar-refractivity contribution in [3.05, 3.63) is 63.8 Å². The molecule has 0 aliphatic carbocycles. The van der Waals surface area contributed by atoms with Gasteiger partial charge in [-0.2, -0.15) is 5.10 Å². The fraction of sp³-hybridized carbons (Fsp3) is 0.379. The molecule has 3 rings (SSSR count). The molecule has 0 aliphatic heterocycles. The highest BCUT2D eigenvalue weighted by Gasteiger charge is 2.26. The number of fused-ring (bicyclic) bond motifs is 1. The number of para-hydroxylation sites is 1. The monoisotopic (exact) mass is 588 g/mol. The second kappa shape index (κ2) is 14.2. The molecule has 0 spiro atoms. The van der Waals surface area contributed by atoms with E-state index in [-0.39, 0.29) is 23.5 Å². The molecule has 0 bridgehead atoms. The largest absolute Gasteiger partial charge is 0.479 e. The molecule has 0 saturated heterocycles. The SMILES string of the molecule is CCOC(=O)Cn1c(C)c(/C=N\NC(=O)[C@@H](CC(C)C)NC(=O)[C@@H](C)Oc2ccc(Cl)cc2Cl)c2ccccc21. The minimum absolute atomic E-state index is 0.0599. The second-order valence-electron chi connectivity index (χ2n) is 9.67. The average molecular weight is 590 g/mol. The molecule has 9 nitrogen and oxygen atoms in total. The lowest BCUT2D eigenvalue weighted by atomic mass is 10.0. The van der Waals surface area contributed by atoms with Gasteiger partial charge in [0.1, 0.15) is 18.3 Å². The number of hydrogen-bond acceptors (Lipinski definition) is 6. The quantitative estimate of drug-likeness (QED) is 0.170. The summed E-state index contributed by atoms with van der Waals surface area (Å²) in [6.07, 6.45) is 1.01. The topological polar surface area (TPSA) is 111 Å². The highest BCUT2D eigenvalue weighted by molar-refractivity contribution is 6.35. The molecule has 0 unspecified atom stereocenters. The zero-order valence-corrected chi connectivity index (χ0v) is 24.7. The van der Waals surface area contributed by atoms with Crippen molar-refractivity contribution in [3.63, 3.8) is 0 Å². The Morgan fingerprint density at radius 2 is 1.80 bits per heavy atom. The van der Waals surface area contributed by atoms with E-state index in [1.807, 2.05) is 49.6 Å². The maximum absolute atomic E-state index is 13.1. The molecule has 0 fully saturated rings. The highest BCUT2D eigenvalue weighted by atomic mass is 35.5. The van der Waals surface area contributed by atoms with Crippen LogP contribution >= 0.6 is 23.2 Å². The summed E-state index contributed by atoms with van der Waals surface area (Å²) in [6, 6.07) is 11.5. The van der Waals surface area contributed by atoms with Crippen molar-refractivity contribution >= 4 is 58.1 Å². The van der Waals surface area contributed by atoms with Crippen molar-refractivity contribution in [3.8, 4) is 5.75 Å². The molecule has 2 atom stereocenters. The van der Waals surface area contributed by atoms with Crippen LogP contribution < -0.4 is 15.5 Å². The zero-order valence-electron chi connectivity index (χ0n) is 23.2. The zero-order chi connectivity index (χ0) is 29.4. The molecule has 1 heterocycles. The number of ether oxygens (including phenoxy) is 2. The van der Waals surface area contributed by atoms with Crippen molar-refractivity contribution < 1.29 is 23.9 Å². The van der Waals surface area contributed by atoms with Crippen LogP contribution in [0.25, 0.3) is 10.9 Å². The van der Waals surface area contributed by atoms with Crippen molar-refractivity contribution in [2.45, 2.75) is 59.7 Å². The van der Waals surface area contributed by atoms with Gasteiger partial charge >= 0.3 is 5.97 Å². The Kier molecular flexibility index (Phi) is 11.0. The predicted molar refractivity (Wildman–Crippen MR) is 157 cm³/mol. The Balaban J connectivity index is 1.73. The summed E-state index contributed by atoms with van der Waals surface area (Å²) in [4.78, 5) is 38.1. The van der Waals surface area contributed by atoms with Gasteiger partial charge in [0.2, 0.25) is 0 Å². The molecular weight excluding hydrogens is 555 g/mol. The second-order valence-corrected chi connectivity index (χ2v) is 10.5. The molecule has 0 aliphatic rings. The normalized spacial score (nSPS) is 12.9. The summed E-state index contributed by atoms with van der Waals surface area (Å²) in [5.74, 6) is -0.866. The minimum Gasteiger partial charge on any atom is -0.479 e. The Hall–Kier alpha value is -3.56. The molecule has 0 saturated carbocycles. The van der Waals surface area contributed by atoms with E-state index in [2.05, 4.69) is 15.8 Å². The number of rotatable bonds is 12. The van der Waals surface area contributed by atoms with Crippen LogP contribution in [0.1, 0.15) is 45.4 Å². The first-order valence-electron chi connectivity index (χ1n) is 13.0. The maximum atomic E-state index is 13.1. The van der Waals surface area contributed by atoms with Gasteiger partial charge in [0, 0.05) is 27.2 Å². The first-order valence-corrected chi connectivity index (χ1v) is 13.8. The minimum atomic E-state index is -0.919. The van der Waals surface area contributed by atoms with E-state index in [0.29, 0.717) is 23.8 Å². The van der Waals surface area contributed by atoms with Gasteiger partial charge in [-0.25, -0.2) is 5.43 Å². The van der Waals surface area contributed by atoms with Crippen molar-refractivity contribution in [1.82, 2.24) is 15.3 Å². The fourth-order valence-corrected chi connectivity index (χ4v) is 4.66. The molecule has 40 heavy (non-hydrogen) atoms. The van der Waals surface area contributed by atoms with Crippen LogP contribution in [0.5, 0.6) is 5.75 Å². The summed E-state index contributed by atoms with van der Waals surface area (Å²) in [6.45, 7) is 9.46. The van der Waals surface area contributed by atoms with Gasteiger partial charge in [-0.05, 0) is 57.4 Å². The Bertz CT molecular complexity index is 1400. The molecule has 2 aromatic carbocycles. The van der Waals surface area contributed by atoms with Gasteiger partial charge in [-0.3, -0.25) is 14.4 Å². The summed E-state index contributed by atoms with van der Waals surface area (Å²) in [7, 11) is 0. The summed E-state index contributed by atoms with van der Waals surface area (Å²) >= 11 is 12.1. The predicted octanol–water partition coefficient (Wildman–Crippen LogP) is 5.27. The van der Waals surface area contributed by atoms with Gasteiger partial charge < -0.3 is 19.4 Å². The lowest BCUT2D eigenvalue weighted by Crippen LogP contribution is -2.49. The van der Waals surface area contributed by atoms with Crippen molar-refractivity contribution in [2.75, 3.05) is 6.61 Å². The number of benzene rings is 2. The van der Waals surface area contributed by atoms with Crippen LogP contribution in [0.15, 0.2) is 47.6 Å². The van der Waals surface area contributed by atoms with Crippen LogP contribution in [0.2, 0.25) is 10.0 Å². The number of nitrogens with one attached hydrogen (secondary N) is 2. The van der Waals surface area contributed by atoms with Crippen molar-refractivity contribution in [2.24, 2.45) is 11.0 Å². The molecule has 1 aromatic heterocycles. The van der Waals surface area contributed by atoms with E-state index < -0.39 is 24.0 Å². The maximum Gasteiger partial charge on any atom is 0.325 e. The number of aromatic nitrogens is 1. The molecule has 3 aromatic rings. The van der Waals surface area contributed by atoms with Crippen LogP contribution in [0.4, 0.5) is 0 Å². The van der Waals surface area contributed by atoms with E-state index in [1.54, 1.807) is 32.2 Å². The number of carbonyl (C=O) groups is 3. The first-order chi connectivity index (χ1) is 19.0. The number of hydrogen-bond donors (Lipinski definition) is 2. The summed E-state index contributed by atoms with van der Waals surface area (Å²) in [5.41, 5.74) is 4.95. The van der Waals surface area contributed by atoms with Crippen LogP contribution in [0.3, 0.4) is 0 Å². The van der Waals surface area contributed by atoms with Gasteiger partial charge in [0.15, 0.2) is 6.10 Å². The summed E-state index contributed by atoms with van der Waals surface area (Å²) in [5, 5.41) is 8.53. The number of amides is 2. The molecule has 2 amide bonds. The standard InChI is InChI=1S/C29H34Cl2N4O5/c1-6-39-27(36)16-35-18(4)22(21-9-7-8-10-25(21)35)15-32-34-29(38)24(13-17(2)3)33-28(37)19(5)40-26-12-11-20(30)14-23(26)31/h7-12,14-15,17,19,24H,6,13,16H2,1-5H3,(H,33,37)(H,34,38)/b32-15-/t19-,24-/m1/s1. The van der Waals surface area contributed by atoms with E-state index >= 15 is 0 Å². The molecule has 214 valence electrons. The third-order valence-corrected chi connectivity index (χ3v) is 6.68. The lowest BCUT2D eigenvalue weighted by molar-refractivity contribution is -0.143. The number of carbonyl (C=O) groups excluding carboxylic acids is 3. The van der Waals surface area contributed by atoms with E-state index in [0.717, 1.165) is 22.2 Å². The van der Waals surface area contributed by atoms with Crippen LogP contribution in [0, 0.1) is 12.8 Å². The number of nitrogens with zero attached hydrogens (tertiary/aromatic N) is 2. The number of hydrazone groups is 1. The molecule has 11 heteroatoms. The lowest BCUT2D eigenvalue weighted by Gasteiger charge is -2.22. The van der Waals surface area contributed by atoms with E-state index in [4.69, 9.17) is 32.7 Å². The number of esters is 1. The molecule has 2 N–H and O–H groups in total. The van der Waals surface area contributed by atoms with Crippen molar-refractivity contribution in [1.29, 1.82) is 0 Å². The Morgan fingerprint density at radius 3 is 2.48 bits per heavy atom. The molecule has 0 radical (unpaired) electrons. The fourth-order valence-electron chi connectivity index (χ4n) is 4.21. The first kappa shape index (κ1) is 31.0. The van der Waals surface area contributed by atoms with E-state index in [1.165, 1.54) is 6.07 Å². The highest BCUT2D eigenvalue weighted by Crippen LogP contribution is 2.28. The van der Waals surface area contributed by atoms with Gasteiger partial charge in [0.05, 0.1) is 17.8 Å². The van der Waals surface area contributed by atoms with Crippen LogP contribution in [-0.4, -0.2) is 47.3 Å². The third kappa shape index (κ3) is 7.99. The average Bonchev–Trinajstić information content (AvgIpc) is 3.15. The smallest absolute Gasteiger partial charge is 0.325 e. The summed E-state index contributed by atoms with van der Waals surface area (Å²) < 4.78 is 12.7. The van der Waals surface area contributed by atoms with Crippen LogP contribution in [-0.2, 0) is 25.7 Å². The third-order valence-electron chi connectivity index (χ3n) is 6.15. The Morgan fingerprint density at radius 1 is 1.07 bits per heavy atom. The van der Waals surface area contributed by atoms with Gasteiger partial charge in [0.25, 0.3) is 11.8 Å². The number of halogens is 2. The van der Waals surface area contributed by atoms with E-state index in [9.17, 15) is 14.4 Å². The van der Waals surface area contributed by atoms with Gasteiger partial charge in [-0.1, -0.05) is 55.2 Å². The van der Waals surface area contributed by atoms with Gasteiger partial charge in [-0.15, -0.1) is 0 Å². The molecular formula is C29H34Cl2N4O5.